The molecule has 11 heteroatoms. The average Bonchev–Trinajstić information content (AvgIpc) is 3.24. The molecule has 0 bridgehead atoms. The van der Waals surface area contributed by atoms with E-state index in [2.05, 4.69) is 30.2 Å². The van der Waals surface area contributed by atoms with E-state index >= 15 is 0 Å². The van der Waals surface area contributed by atoms with E-state index in [4.69, 9.17) is 9.26 Å². The average molecular weight is 426 g/mol. The number of ether oxygens (including phenoxy) is 1. The minimum absolute atomic E-state index is 0.143. The third-order valence-electron chi connectivity index (χ3n) is 4.55. The number of nitrogens with one attached hydrogen (secondary N) is 1. The molecular weight excluding hydrogens is 401 g/mol. The van der Waals surface area contributed by atoms with E-state index in [1.54, 1.807) is 6.26 Å². The molecule has 0 saturated carbocycles. The highest BCUT2D eigenvalue weighted by Crippen LogP contribution is 2.29. The van der Waals surface area contributed by atoms with Gasteiger partial charge in [-0.1, -0.05) is 5.16 Å². The van der Waals surface area contributed by atoms with Gasteiger partial charge in [0.2, 0.25) is 5.88 Å². The quantitative estimate of drug-likeness (QED) is 0.413. The number of alkyl halides is 3. The van der Waals surface area contributed by atoms with E-state index < -0.39 is 11.7 Å². The van der Waals surface area contributed by atoms with E-state index in [1.807, 2.05) is 13.0 Å². The summed E-state index contributed by atoms with van der Waals surface area (Å²) < 4.78 is 48.0. The smallest absolute Gasteiger partial charge is 0.417 e. The first-order chi connectivity index (χ1) is 14.5. The van der Waals surface area contributed by atoms with E-state index in [0.29, 0.717) is 6.54 Å². The maximum absolute atomic E-state index is 12.6. The molecule has 0 atom stereocenters. The first kappa shape index (κ1) is 21.9. The van der Waals surface area contributed by atoms with Gasteiger partial charge in [0.1, 0.15) is 12.9 Å². The van der Waals surface area contributed by atoms with Crippen LogP contribution in [0.15, 0.2) is 40.2 Å². The van der Waals surface area contributed by atoms with Gasteiger partial charge in [-0.05, 0) is 13.0 Å². The summed E-state index contributed by atoms with van der Waals surface area (Å²) in [5.41, 5.74) is 0.114. The molecule has 0 unspecified atom stereocenters. The standard InChI is InChI=1S/C19H25F3N6O2/c1-2-23-18(28-9-7-27(8-10-28)14-16-5-11-30-26-16)24-6-12-29-17-4-3-15(13-25-17)19(20,21)22/h3-5,11,13H,2,6-10,12,14H2,1H3,(H,23,24). The number of aromatic nitrogens is 2. The second-order valence-corrected chi connectivity index (χ2v) is 6.72. The number of nitrogens with zero attached hydrogens (tertiary/aromatic N) is 5. The fourth-order valence-corrected chi connectivity index (χ4v) is 3.03. The maximum Gasteiger partial charge on any atom is 0.417 e. The molecule has 3 heterocycles. The van der Waals surface area contributed by atoms with Crippen molar-refractivity contribution in [3.05, 3.63) is 41.9 Å². The molecule has 1 aliphatic rings. The van der Waals surface area contributed by atoms with Crippen molar-refractivity contribution in [2.24, 2.45) is 4.99 Å². The second kappa shape index (κ2) is 10.3. The lowest BCUT2D eigenvalue weighted by molar-refractivity contribution is -0.137. The normalized spacial score (nSPS) is 16.0. The van der Waals surface area contributed by atoms with Gasteiger partial charge < -0.3 is 19.5 Å². The summed E-state index contributed by atoms with van der Waals surface area (Å²) >= 11 is 0. The van der Waals surface area contributed by atoms with Crippen LogP contribution in [-0.2, 0) is 12.7 Å². The van der Waals surface area contributed by atoms with Gasteiger partial charge >= 0.3 is 6.18 Å². The van der Waals surface area contributed by atoms with E-state index in [0.717, 1.165) is 63.2 Å². The molecule has 0 spiro atoms. The molecule has 8 nitrogen and oxygen atoms in total. The highest BCUT2D eigenvalue weighted by atomic mass is 19.4. The van der Waals surface area contributed by atoms with Crippen LogP contribution in [0.5, 0.6) is 5.88 Å². The van der Waals surface area contributed by atoms with Crippen molar-refractivity contribution in [1.82, 2.24) is 25.3 Å². The molecule has 0 radical (unpaired) electrons. The molecule has 30 heavy (non-hydrogen) atoms. The van der Waals surface area contributed by atoms with Crippen LogP contribution in [0.4, 0.5) is 13.2 Å². The van der Waals surface area contributed by atoms with Gasteiger partial charge in [0, 0.05) is 57.6 Å². The topological polar surface area (TPSA) is 79.0 Å². The summed E-state index contributed by atoms with van der Waals surface area (Å²) in [6, 6.07) is 4.03. The van der Waals surface area contributed by atoms with Crippen molar-refractivity contribution in [3.63, 3.8) is 0 Å². The fourth-order valence-electron chi connectivity index (χ4n) is 3.03. The minimum atomic E-state index is -4.41. The number of hydrogen-bond donors (Lipinski definition) is 1. The van der Waals surface area contributed by atoms with E-state index in [9.17, 15) is 13.2 Å². The van der Waals surface area contributed by atoms with Gasteiger partial charge in [0.15, 0.2) is 5.96 Å². The van der Waals surface area contributed by atoms with Crippen LogP contribution < -0.4 is 10.1 Å². The van der Waals surface area contributed by atoms with Gasteiger partial charge in [-0.2, -0.15) is 13.2 Å². The SMILES string of the molecule is CCNC(=NCCOc1ccc(C(F)(F)F)cn1)N1CCN(Cc2ccon2)CC1. The van der Waals surface area contributed by atoms with Crippen LogP contribution in [0, 0.1) is 0 Å². The van der Waals surface area contributed by atoms with Gasteiger partial charge in [0.05, 0.1) is 17.8 Å². The van der Waals surface area contributed by atoms with Crippen molar-refractivity contribution in [2.45, 2.75) is 19.6 Å². The van der Waals surface area contributed by atoms with E-state index in [1.165, 1.54) is 6.07 Å². The molecule has 0 aliphatic carbocycles. The Bertz CT molecular complexity index is 788. The Morgan fingerprint density at radius 2 is 2.03 bits per heavy atom. The fraction of sp³-hybridized carbons (Fsp3) is 0.526. The highest BCUT2D eigenvalue weighted by Gasteiger charge is 2.30. The van der Waals surface area contributed by atoms with Crippen LogP contribution in [0.3, 0.4) is 0 Å². The van der Waals surface area contributed by atoms with Gasteiger partial charge in [0.25, 0.3) is 0 Å². The van der Waals surface area contributed by atoms with Crippen LogP contribution in [0.1, 0.15) is 18.2 Å². The summed E-state index contributed by atoms with van der Waals surface area (Å²) in [7, 11) is 0. The van der Waals surface area contributed by atoms with Crippen LogP contribution >= 0.6 is 0 Å². The first-order valence-corrected chi connectivity index (χ1v) is 9.76. The summed E-state index contributed by atoms with van der Waals surface area (Å²) in [6.45, 7) is 7.48. The molecule has 2 aromatic heterocycles. The zero-order valence-corrected chi connectivity index (χ0v) is 16.7. The van der Waals surface area contributed by atoms with E-state index in [-0.39, 0.29) is 12.5 Å². The van der Waals surface area contributed by atoms with Gasteiger partial charge in [-0.25, -0.2) is 9.98 Å². The molecule has 164 valence electrons. The monoisotopic (exact) mass is 426 g/mol. The number of hydrogen-bond acceptors (Lipinski definition) is 6. The summed E-state index contributed by atoms with van der Waals surface area (Å²) in [4.78, 5) is 12.7. The number of piperazine rings is 1. The zero-order valence-electron chi connectivity index (χ0n) is 16.7. The van der Waals surface area contributed by atoms with Crippen LogP contribution in [0.25, 0.3) is 0 Å². The molecule has 0 aromatic carbocycles. The molecule has 1 N–H and O–H groups in total. The number of rotatable bonds is 7. The Labute approximate surface area is 172 Å². The maximum atomic E-state index is 12.6. The lowest BCUT2D eigenvalue weighted by Crippen LogP contribution is -2.52. The molecule has 1 aliphatic heterocycles. The Kier molecular flexibility index (Phi) is 7.50. The number of aliphatic imine (C=N–C) groups is 1. The minimum Gasteiger partial charge on any atom is -0.476 e. The summed E-state index contributed by atoms with van der Waals surface area (Å²) in [5.74, 6) is 0.937. The molecular formula is C19H25F3N6O2. The Morgan fingerprint density at radius 3 is 2.63 bits per heavy atom. The summed E-state index contributed by atoms with van der Waals surface area (Å²) in [5, 5.41) is 7.21. The summed E-state index contributed by atoms with van der Waals surface area (Å²) in [6.07, 6.45) is -2.07. The Hall–Kier alpha value is -2.82. The lowest BCUT2D eigenvalue weighted by Gasteiger charge is -2.36. The highest BCUT2D eigenvalue weighted by molar-refractivity contribution is 5.80. The second-order valence-electron chi connectivity index (χ2n) is 6.72. The third-order valence-corrected chi connectivity index (χ3v) is 4.55. The van der Waals surface area contributed by atoms with Crippen molar-refractivity contribution >= 4 is 5.96 Å². The molecule has 3 rings (SSSR count). The number of halogens is 3. The molecule has 1 saturated heterocycles. The lowest BCUT2D eigenvalue weighted by atomic mass is 10.3. The predicted molar refractivity (Wildman–Crippen MR) is 104 cm³/mol. The van der Waals surface area contributed by atoms with Crippen molar-refractivity contribution in [3.8, 4) is 5.88 Å². The Morgan fingerprint density at radius 1 is 1.23 bits per heavy atom. The number of pyridine rings is 1. The molecule has 1 fully saturated rings. The third kappa shape index (κ3) is 6.34. The molecule has 0 amide bonds. The van der Waals surface area contributed by atoms with Gasteiger partial charge in [-0.3, -0.25) is 4.90 Å². The molecule has 2 aromatic rings. The predicted octanol–water partition coefficient (Wildman–Crippen LogP) is 2.25. The van der Waals surface area contributed by atoms with Crippen molar-refractivity contribution < 1.29 is 22.4 Å². The first-order valence-electron chi connectivity index (χ1n) is 9.76. The zero-order chi connectivity index (χ0) is 21.4. The van der Waals surface area contributed by atoms with Crippen molar-refractivity contribution in [1.29, 1.82) is 0 Å². The van der Waals surface area contributed by atoms with Gasteiger partial charge in [-0.15, -0.1) is 0 Å². The van der Waals surface area contributed by atoms with Crippen LogP contribution in [0.2, 0.25) is 0 Å². The van der Waals surface area contributed by atoms with Crippen molar-refractivity contribution in [2.75, 3.05) is 45.9 Å². The largest absolute Gasteiger partial charge is 0.476 e. The number of guanidine groups is 1. The Balaban J connectivity index is 1.45. The van der Waals surface area contributed by atoms with Crippen LogP contribution in [-0.4, -0.2) is 71.8 Å².